The molecule has 0 amide bonds. The van der Waals surface area contributed by atoms with E-state index in [0.717, 1.165) is 36.1 Å². The molecule has 1 N–H and O–H groups in total. The zero-order chi connectivity index (χ0) is 24.4. The van der Waals surface area contributed by atoms with Gasteiger partial charge in [0.15, 0.2) is 0 Å². The number of aliphatic hydroxyl groups excluding tert-OH is 1. The second-order valence-electron chi connectivity index (χ2n) is 9.19. The van der Waals surface area contributed by atoms with Crippen LogP contribution in [0.25, 0.3) is 11.1 Å². The first-order valence-corrected chi connectivity index (χ1v) is 13.5. The van der Waals surface area contributed by atoms with Crippen LogP contribution in [-0.4, -0.2) is 73.1 Å². The highest BCUT2D eigenvalue weighted by atomic mass is 32.2. The number of aromatic nitrogens is 1. The third-order valence-electron chi connectivity index (χ3n) is 7.32. The van der Waals surface area contributed by atoms with Gasteiger partial charge in [-0.3, -0.25) is 9.88 Å². The highest BCUT2D eigenvalue weighted by Crippen LogP contribution is 2.43. The highest BCUT2D eigenvalue weighted by Gasteiger charge is 2.50. The van der Waals surface area contributed by atoms with Gasteiger partial charge in [-0.1, -0.05) is 30.3 Å². The number of rotatable bonds is 6. The van der Waals surface area contributed by atoms with E-state index in [1.807, 2.05) is 12.1 Å². The predicted molar refractivity (Wildman–Crippen MR) is 135 cm³/mol. The number of benzene rings is 2. The van der Waals surface area contributed by atoms with Crippen LogP contribution in [-0.2, 0) is 10.0 Å². The molecule has 0 unspecified atom stereocenters. The number of nitrogens with zero attached hydrogens (tertiary/aromatic N) is 3. The van der Waals surface area contributed by atoms with Crippen LogP contribution in [0.1, 0.15) is 24.3 Å². The van der Waals surface area contributed by atoms with E-state index in [4.69, 9.17) is 4.74 Å². The van der Waals surface area contributed by atoms with Crippen LogP contribution in [0.4, 0.5) is 0 Å². The summed E-state index contributed by atoms with van der Waals surface area (Å²) >= 11 is 0. The molecule has 7 nitrogen and oxygen atoms in total. The van der Waals surface area contributed by atoms with Crippen molar-refractivity contribution in [1.82, 2.24) is 14.2 Å². The van der Waals surface area contributed by atoms with Crippen molar-refractivity contribution in [3.05, 3.63) is 78.6 Å². The van der Waals surface area contributed by atoms with Crippen molar-refractivity contribution in [2.24, 2.45) is 0 Å². The normalized spacial score (nSPS) is 23.5. The van der Waals surface area contributed by atoms with Crippen LogP contribution < -0.4 is 4.74 Å². The molecule has 184 valence electrons. The minimum Gasteiger partial charge on any atom is -0.497 e. The van der Waals surface area contributed by atoms with Gasteiger partial charge in [-0.25, -0.2) is 8.42 Å². The van der Waals surface area contributed by atoms with Gasteiger partial charge in [-0.2, -0.15) is 4.31 Å². The van der Waals surface area contributed by atoms with Crippen LogP contribution in [0.3, 0.4) is 0 Å². The van der Waals surface area contributed by atoms with E-state index < -0.39 is 10.0 Å². The van der Waals surface area contributed by atoms with Crippen LogP contribution in [0.5, 0.6) is 5.75 Å². The maximum Gasteiger partial charge on any atom is 0.243 e. The molecule has 3 heterocycles. The third kappa shape index (κ3) is 4.59. The van der Waals surface area contributed by atoms with E-state index in [-0.39, 0.29) is 29.5 Å². The Bertz CT molecular complexity index is 1250. The molecule has 0 bridgehead atoms. The number of sulfonamides is 1. The van der Waals surface area contributed by atoms with Crippen molar-refractivity contribution in [3.8, 4) is 16.9 Å². The Kier molecular flexibility index (Phi) is 6.88. The Morgan fingerprint density at radius 2 is 1.71 bits per heavy atom. The standard InChI is InChI=1S/C27H31N3O4S/c1-34-23-5-4-6-24(17-23)35(32,33)29-15-2-3-16-30-25(18-29)27(26(30)19-31)22-9-7-20(8-10-22)21-11-13-28-14-12-21/h4-14,17,25-27,31H,2-3,15-16,18-19H2,1H3/t25-,26-,27-/m1/s1. The lowest BCUT2D eigenvalue weighted by Gasteiger charge is -2.57. The van der Waals surface area contributed by atoms with Crippen LogP contribution in [0.2, 0.25) is 0 Å². The molecule has 5 rings (SSSR count). The van der Waals surface area contributed by atoms with Gasteiger partial charge < -0.3 is 9.84 Å². The topological polar surface area (TPSA) is 83.0 Å². The molecule has 2 fully saturated rings. The Balaban J connectivity index is 1.42. The molecule has 2 aromatic carbocycles. The van der Waals surface area contributed by atoms with E-state index in [1.54, 1.807) is 41.0 Å². The summed E-state index contributed by atoms with van der Waals surface area (Å²) in [6.45, 7) is 1.80. The van der Waals surface area contributed by atoms with Crippen molar-refractivity contribution in [3.63, 3.8) is 0 Å². The number of hydrogen-bond acceptors (Lipinski definition) is 6. The summed E-state index contributed by atoms with van der Waals surface area (Å²) in [5.74, 6) is 0.587. The SMILES string of the molecule is COc1cccc(S(=O)(=O)N2CCCCN3[C@H](CO)[C@H](c4ccc(-c5ccncc5)cc4)[C@H]3C2)c1. The average Bonchev–Trinajstić information content (AvgIpc) is 2.88. The lowest BCUT2D eigenvalue weighted by Crippen LogP contribution is -2.67. The Hall–Kier alpha value is -2.78. The second-order valence-corrected chi connectivity index (χ2v) is 11.1. The fourth-order valence-electron chi connectivity index (χ4n) is 5.48. The molecule has 2 saturated heterocycles. The summed E-state index contributed by atoms with van der Waals surface area (Å²) in [7, 11) is -2.14. The van der Waals surface area contributed by atoms with Gasteiger partial charge in [0.2, 0.25) is 10.0 Å². The van der Waals surface area contributed by atoms with Gasteiger partial charge in [-0.05, 0) is 60.3 Å². The van der Waals surface area contributed by atoms with Crippen molar-refractivity contribution in [2.75, 3.05) is 33.4 Å². The predicted octanol–water partition coefficient (Wildman–Crippen LogP) is 3.37. The first kappa shape index (κ1) is 23.9. The average molecular weight is 494 g/mol. The molecule has 3 atom stereocenters. The minimum absolute atomic E-state index is 0.00810. The van der Waals surface area contributed by atoms with Gasteiger partial charge in [0.25, 0.3) is 0 Å². The molecule has 35 heavy (non-hydrogen) atoms. The van der Waals surface area contributed by atoms with E-state index in [2.05, 4.69) is 34.1 Å². The van der Waals surface area contributed by atoms with Gasteiger partial charge >= 0.3 is 0 Å². The van der Waals surface area contributed by atoms with Crippen molar-refractivity contribution in [2.45, 2.75) is 35.7 Å². The van der Waals surface area contributed by atoms with Crippen LogP contribution in [0.15, 0.2) is 78.0 Å². The molecule has 0 spiro atoms. The number of pyridine rings is 1. The number of aliphatic hydroxyl groups is 1. The molecule has 2 aliphatic heterocycles. The molecule has 0 saturated carbocycles. The van der Waals surface area contributed by atoms with Crippen LogP contribution >= 0.6 is 0 Å². The van der Waals surface area contributed by atoms with Crippen LogP contribution in [0, 0.1) is 0 Å². The van der Waals surface area contributed by atoms with E-state index in [0.29, 0.717) is 18.8 Å². The van der Waals surface area contributed by atoms with Crippen molar-refractivity contribution >= 4 is 10.0 Å². The molecular formula is C27H31N3O4S. The van der Waals surface area contributed by atoms with E-state index in [1.165, 1.54) is 7.11 Å². The lowest BCUT2D eigenvalue weighted by molar-refractivity contribution is -0.0553. The number of methoxy groups -OCH3 is 1. The zero-order valence-corrected chi connectivity index (χ0v) is 20.6. The summed E-state index contributed by atoms with van der Waals surface area (Å²) in [6.07, 6.45) is 5.24. The smallest absolute Gasteiger partial charge is 0.243 e. The van der Waals surface area contributed by atoms with Crippen molar-refractivity contribution < 1.29 is 18.3 Å². The molecule has 0 radical (unpaired) electrons. The number of fused-ring (bicyclic) bond motifs is 1. The molecule has 2 aliphatic rings. The highest BCUT2D eigenvalue weighted by molar-refractivity contribution is 7.89. The summed E-state index contributed by atoms with van der Waals surface area (Å²) in [6, 6.07) is 19.0. The Morgan fingerprint density at radius 1 is 1.00 bits per heavy atom. The van der Waals surface area contributed by atoms with Crippen molar-refractivity contribution in [1.29, 1.82) is 0 Å². The second kappa shape index (κ2) is 10.1. The fraction of sp³-hybridized carbons (Fsp3) is 0.370. The monoisotopic (exact) mass is 493 g/mol. The fourth-order valence-corrected chi connectivity index (χ4v) is 7.01. The molecular weight excluding hydrogens is 462 g/mol. The zero-order valence-electron chi connectivity index (χ0n) is 19.8. The third-order valence-corrected chi connectivity index (χ3v) is 9.18. The Morgan fingerprint density at radius 3 is 2.43 bits per heavy atom. The first-order valence-electron chi connectivity index (χ1n) is 12.0. The minimum atomic E-state index is -3.67. The molecule has 1 aromatic heterocycles. The van der Waals surface area contributed by atoms with Gasteiger partial charge in [0.1, 0.15) is 5.75 Å². The van der Waals surface area contributed by atoms with Gasteiger partial charge in [0, 0.05) is 49.6 Å². The van der Waals surface area contributed by atoms with Gasteiger partial charge in [-0.15, -0.1) is 0 Å². The maximum atomic E-state index is 13.6. The quantitative estimate of drug-likeness (QED) is 0.567. The molecule has 8 heteroatoms. The maximum absolute atomic E-state index is 13.6. The molecule has 3 aromatic rings. The first-order chi connectivity index (χ1) is 17.0. The van der Waals surface area contributed by atoms with Gasteiger partial charge in [0.05, 0.1) is 18.6 Å². The molecule has 0 aliphatic carbocycles. The summed E-state index contributed by atoms with van der Waals surface area (Å²) in [4.78, 5) is 6.62. The number of hydrogen-bond donors (Lipinski definition) is 1. The largest absolute Gasteiger partial charge is 0.497 e. The lowest BCUT2D eigenvalue weighted by atomic mass is 9.74. The summed E-state index contributed by atoms with van der Waals surface area (Å²) < 4.78 is 34.0. The summed E-state index contributed by atoms with van der Waals surface area (Å²) in [5.41, 5.74) is 3.33. The Labute approximate surface area is 207 Å². The summed E-state index contributed by atoms with van der Waals surface area (Å²) in [5, 5.41) is 10.2. The van der Waals surface area contributed by atoms with E-state index >= 15 is 0 Å². The van der Waals surface area contributed by atoms with E-state index in [9.17, 15) is 13.5 Å². The number of ether oxygens (including phenoxy) is 1.